The van der Waals surface area contributed by atoms with Crippen molar-refractivity contribution in [2.24, 2.45) is 0 Å². The molecule has 2 aromatic rings. The first-order valence-electron chi connectivity index (χ1n) is 7.55. The number of sulfonamides is 1. The summed E-state index contributed by atoms with van der Waals surface area (Å²) in [5, 5.41) is 7.56. The third-order valence-corrected chi connectivity index (χ3v) is 5.74. The van der Waals surface area contributed by atoms with Gasteiger partial charge in [0, 0.05) is 26.3 Å². The minimum atomic E-state index is -3.23. The number of rotatable bonds is 7. The van der Waals surface area contributed by atoms with Gasteiger partial charge in [0.05, 0.1) is 23.7 Å². The molecule has 2 unspecified atom stereocenters. The van der Waals surface area contributed by atoms with Crippen molar-refractivity contribution in [3.8, 4) is 0 Å². The fraction of sp³-hybridized carbons (Fsp3) is 0.438. The summed E-state index contributed by atoms with van der Waals surface area (Å²) in [6.07, 6.45) is 3.62. The van der Waals surface area contributed by atoms with Crippen molar-refractivity contribution in [1.82, 2.24) is 14.1 Å². The van der Waals surface area contributed by atoms with Crippen LogP contribution in [0.1, 0.15) is 25.5 Å². The third-order valence-electron chi connectivity index (χ3n) is 3.71. The SMILES string of the molecule is CC(CS(=O)(=O)N(C)C)Nc1cnn(C(C)c2ccccc2)c1. The number of benzene rings is 1. The standard InChI is InChI=1S/C16H24N4O2S/c1-13(12-23(21,22)19(3)4)18-16-10-17-20(11-16)14(2)15-8-6-5-7-9-15/h5-11,13-14,18H,12H2,1-4H3. The van der Waals surface area contributed by atoms with Gasteiger partial charge in [-0.25, -0.2) is 12.7 Å². The van der Waals surface area contributed by atoms with Crippen LogP contribution in [0.25, 0.3) is 0 Å². The molecule has 0 spiro atoms. The monoisotopic (exact) mass is 336 g/mol. The molecule has 0 aliphatic heterocycles. The number of nitrogens with zero attached hydrogens (tertiary/aromatic N) is 3. The smallest absolute Gasteiger partial charge is 0.215 e. The van der Waals surface area contributed by atoms with Crippen LogP contribution < -0.4 is 5.32 Å². The maximum absolute atomic E-state index is 11.9. The molecule has 0 amide bonds. The van der Waals surface area contributed by atoms with Crippen LogP contribution in [0.5, 0.6) is 0 Å². The highest BCUT2D eigenvalue weighted by molar-refractivity contribution is 7.89. The molecule has 0 aliphatic rings. The number of nitrogens with one attached hydrogen (secondary N) is 1. The average Bonchev–Trinajstić information content (AvgIpc) is 2.95. The topological polar surface area (TPSA) is 67.2 Å². The first-order chi connectivity index (χ1) is 10.8. The van der Waals surface area contributed by atoms with Gasteiger partial charge in [-0.2, -0.15) is 5.10 Å². The van der Waals surface area contributed by atoms with E-state index >= 15 is 0 Å². The molecule has 6 nitrogen and oxygen atoms in total. The van der Waals surface area contributed by atoms with E-state index in [0.717, 1.165) is 5.69 Å². The van der Waals surface area contributed by atoms with Crippen LogP contribution in [-0.2, 0) is 10.0 Å². The number of hydrogen-bond acceptors (Lipinski definition) is 4. The molecule has 0 saturated carbocycles. The molecule has 1 aromatic heterocycles. The molecule has 1 aromatic carbocycles. The second-order valence-electron chi connectivity index (χ2n) is 5.90. The predicted octanol–water partition coefficient (Wildman–Crippen LogP) is 2.18. The summed E-state index contributed by atoms with van der Waals surface area (Å²) in [6.45, 7) is 3.92. The average molecular weight is 336 g/mol. The maximum atomic E-state index is 11.9. The van der Waals surface area contributed by atoms with E-state index in [1.54, 1.807) is 20.3 Å². The normalized spacial score (nSPS) is 14.7. The van der Waals surface area contributed by atoms with Gasteiger partial charge < -0.3 is 5.32 Å². The molecule has 2 atom stereocenters. The summed E-state index contributed by atoms with van der Waals surface area (Å²) in [5.41, 5.74) is 1.99. The summed E-state index contributed by atoms with van der Waals surface area (Å²) in [6, 6.07) is 10.0. The third kappa shape index (κ3) is 4.56. The Kier molecular flexibility index (Phi) is 5.43. The van der Waals surface area contributed by atoms with Gasteiger partial charge in [-0.05, 0) is 19.4 Å². The van der Waals surface area contributed by atoms with Gasteiger partial charge in [0.1, 0.15) is 0 Å². The zero-order valence-electron chi connectivity index (χ0n) is 14.0. The van der Waals surface area contributed by atoms with Gasteiger partial charge in [-0.3, -0.25) is 4.68 Å². The molecular formula is C16H24N4O2S. The van der Waals surface area contributed by atoms with E-state index in [-0.39, 0.29) is 17.8 Å². The highest BCUT2D eigenvalue weighted by Gasteiger charge is 2.18. The molecular weight excluding hydrogens is 312 g/mol. The van der Waals surface area contributed by atoms with Crippen LogP contribution >= 0.6 is 0 Å². The largest absolute Gasteiger partial charge is 0.379 e. The lowest BCUT2D eigenvalue weighted by atomic mass is 10.1. The minimum Gasteiger partial charge on any atom is -0.379 e. The molecule has 1 heterocycles. The molecule has 126 valence electrons. The fourth-order valence-corrected chi connectivity index (χ4v) is 3.31. The van der Waals surface area contributed by atoms with Crippen LogP contribution in [0.4, 0.5) is 5.69 Å². The van der Waals surface area contributed by atoms with Gasteiger partial charge >= 0.3 is 0 Å². The molecule has 23 heavy (non-hydrogen) atoms. The summed E-state index contributed by atoms with van der Waals surface area (Å²) in [5.74, 6) is 0.0411. The van der Waals surface area contributed by atoms with Crippen LogP contribution in [0.2, 0.25) is 0 Å². The number of hydrogen-bond donors (Lipinski definition) is 1. The van der Waals surface area contributed by atoms with E-state index in [2.05, 4.69) is 29.5 Å². The highest BCUT2D eigenvalue weighted by Crippen LogP contribution is 2.19. The predicted molar refractivity (Wildman–Crippen MR) is 93.0 cm³/mol. The zero-order chi connectivity index (χ0) is 17.0. The van der Waals surface area contributed by atoms with Crippen LogP contribution in [0.15, 0.2) is 42.7 Å². The minimum absolute atomic E-state index is 0.0411. The molecule has 0 radical (unpaired) electrons. The van der Waals surface area contributed by atoms with Crippen LogP contribution in [0.3, 0.4) is 0 Å². The highest BCUT2D eigenvalue weighted by atomic mass is 32.2. The first kappa shape index (κ1) is 17.5. The lowest BCUT2D eigenvalue weighted by molar-refractivity contribution is 0.517. The molecule has 0 fully saturated rings. The van der Waals surface area contributed by atoms with Crippen molar-refractivity contribution in [3.63, 3.8) is 0 Å². The van der Waals surface area contributed by atoms with Crippen molar-refractivity contribution in [1.29, 1.82) is 0 Å². The van der Waals surface area contributed by atoms with Gasteiger partial charge in [-0.15, -0.1) is 0 Å². The molecule has 0 bridgehead atoms. The van der Waals surface area contributed by atoms with E-state index in [1.165, 1.54) is 9.87 Å². The summed E-state index contributed by atoms with van der Waals surface area (Å²) in [7, 11) is -0.140. The second kappa shape index (κ2) is 7.14. The lowest BCUT2D eigenvalue weighted by Crippen LogP contribution is -2.33. The molecule has 0 aliphatic carbocycles. The number of aromatic nitrogens is 2. The van der Waals surface area contributed by atoms with Gasteiger partial charge in [0.2, 0.25) is 10.0 Å². The quantitative estimate of drug-likeness (QED) is 0.841. The van der Waals surface area contributed by atoms with E-state index < -0.39 is 10.0 Å². The van der Waals surface area contributed by atoms with E-state index in [0.29, 0.717) is 0 Å². The summed E-state index contributed by atoms with van der Waals surface area (Å²) >= 11 is 0. The Bertz CT molecular complexity index is 726. The summed E-state index contributed by atoms with van der Waals surface area (Å²) < 4.78 is 26.9. The Morgan fingerprint density at radius 2 is 1.87 bits per heavy atom. The Morgan fingerprint density at radius 1 is 1.22 bits per heavy atom. The van der Waals surface area contributed by atoms with Crippen molar-refractivity contribution in [3.05, 3.63) is 48.3 Å². The first-order valence-corrected chi connectivity index (χ1v) is 9.16. The second-order valence-corrected chi connectivity index (χ2v) is 8.13. The van der Waals surface area contributed by atoms with Crippen LogP contribution in [0, 0.1) is 0 Å². The van der Waals surface area contributed by atoms with Gasteiger partial charge in [0.15, 0.2) is 0 Å². The van der Waals surface area contributed by atoms with E-state index in [4.69, 9.17) is 0 Å². The van der Waals surface area contributed by atoms with Crippen molar-refractivity contribution < 1.29 is 8.42 Å². The lowest BCUT2D eigenvalue weighted by Gasteiger charge is -2.17. The van der Waals surface area contributed by atoms with Crippen molar-refractivity contribution in [2.75, 3.05) is 25.2 Å². The number of anilines is 1. The Hall–Kier alpha value is -1.86. The van der Waals surface area contributed by atoms with Gasteiger partial charge in [-0.1, -0.05) is 30.3 Å². The van der Waals surface area contributed by atoms with Crippen molar-refractivity contribution >= 4 is 15.7 Å². The fourth-order valence-electron chi connectivity index (χ4n) is 2.30. The molecule has 7 heteroatoms. The zero-order valence-corrected chi connectivity index (χ0v) is 14.8. The van der Waals surface area contributed by atoms with E-state index in [9.17, 15) is 8.42 Å². The van der Waals surface area contributed by atoms with Gasteiger partial charge in [0.25, 0.3) is 0 Å². The van der Waals surface area contributed by atoms with Crippen molar-refractivity contribution in [2.45, 2.75) is 25.9 Å². The Labute approximate surface area is 138 Å². The summed E-state index contributed by atoms with van der Waals surface area (Å²) in [4.78, 5) is 0. The maximum Gasteiger partial charge on any atom is 0.215 e. The Balaban J connectivity index is 2.02. The van der Waals surface area contributed by atoms with E-state index in [1.807, 2.05) is 36.0 Å². The molecule has 1 N–H and O–H groups in total. The molecule has 0 saturated heterocycles. The van der Waals surface area contributed by atoms with Crippen LogP contribution in [-0.4, -0.2) is 48.4 Å². The molecule has 2 rings (SSSR count). The Morgan fingerprint density at radius 3 is 2.48 bits per heavy atom.